The molecule has 1 heterocycles. The predicted octanol–water partition coefficient (Wildman–Crippen LogP) is 1.84. The summed E-state index contributed by atoms with van der Waals surface area (Å²) in [6.45, 7) is 0. The van der Waals surface area contributed by atoms with E-state index in [1.807, 2.05) is 55.7 Å². The minimum absolute atomic E-state index is 0. The molecular formula is C8H8BCoTaZr. The van der Waals surface area contributed by atoms with Crippen LogP contribution in [-0.2, 0) is 65.4 Å². The average molecular weight is 446 g/mol. The van der Waals surface area contributed by atoms with E-state index >= 15 is 0 Å². The van der Waals surface area contributed by atoms with Crippen LogP contribution in [0.2, 0.25) is 0 Å². The van der Waals surface area contributed by atoms with Crippen molar-refractivity contribution in [2.45, 2.75) is 0 Å². The number of rotatable bonds is 0. The molecule has 0 saturated carbocycles. The normalized spacial score (nSPS) is 12.0. The van der Waals surface area contributed by atoms with E-state index in [0.29, 0.717) is 0 Å². The van der Waals surface area contributed by atoms with Gasteiger partial charge in [-0.1, -0.05) is 36.5 Å². The molecule has 0 aromatic rings. The van der Waals surface area contributed by atoms with Crippen LogP contribution in [0.1, 0.15) is 0 Å². The summed E-state index contributed by atoms with van der Waals surface area (Å²) in [5.41, 5.74) is 0. The molecule has 61 valence electrons. The third-order valence-electron chi connectivity index (χ3n) is 1.00. The van der Waals surface area contributed by atoms with Gasteiger partial charge in [-0.25, -0.2) is 0 Å². The molecule has 0 bridgehead atoms. The van der Waals surface area contributed by atoms with Gasteiger partial charge in [0, 0.05) is 65.4 Å². The van der Waals surface area contributed by atoms with Crippen LogP contribution in [0.15, 0.2) is 48.4 Å². The van der Waals surface area contributed by atoms with E-state index < -0.39 is 0 Å². The SMILES string of the molecule is [B]1C=CC=CC=CC=C1.[Co].[Ta].[Zr]. The Hall–Kier alpha value is 1.15. The monoisotopic (exact) mass is 445 g/mol. The molecule has 3 radical (unpaired) electrons. The Morgan fingerprint density at radius 1 is 0.667 bits per heavy atom. The van der Waals surface area contributed by atoms with Crippen molar-refractivity contribution in [1.29, 1.82) is 0 Å². The first-order valence-corrected chi connectivity index (χ1v) is 3.00. The zero-order valence-electron chi connectivity index (χ0n) is 6.48. The van der Waals surface area contributed by atoms with Gasteiger partial charge in [0.2, 0.25) is 0 Å². The molecule has 0 N–H and O–H groups in total. The summed E-state index contributed by atoms with van der Waals surface area (Å²) in [6, 6.07) is 0. The first kappa shape index (κ1) is 18.8. The van der Waals surface area contributed by atoms with Crippen LogP contribution in [-0.4, -0.2) is 7.28 Å². The molecule has 1 rings (SSSR count). The molecule has 0 saturated heterocycles. The molecular weight excluding hydrogens is 438 g/mol. The van der Waals surface area contributed by atoms with Gasteiger partial charge in [0.1, 0.15) is 0 Å². The number of allylic oxidation sites excluding steroid dienone is 6. The molecule has 0 unspecified atom stereocenters. The summed E-state index contributed by atoms with van der Waals surface area (Å²) in [7, 11) is 2.00. The quantitative estimate of drug-likeness (QED) is 0.499. The second-order valence-electron chi connectivity index (χ2n) is 1.73. The molecule has 0 aromatic carbocycles. The fourth-order valence-corrected chi connectivity index (χ4v) is 0.577. The van der Waals surface area contributed by atoms with E-state index in [9.17, 15) is 0 Å². The first-order chi connectivity index (χ1) is 4.50. The van der Waals surface area contributed by atoms with Crippen LogP contribution in [0.25, 0.3) is 0 Å². The maximum absolute atomic E-state index is 2.00. The summed E-state index contributed by atoms with van der Waals surface area (Å²) < 4.78 is 0. The van der Waals surface area contributed by atoms with Gasteiger partial charge in [-0.05, 0) is 0 Å². The number of hydrogen-bond donors (Lipinski definition) is 0. The second-order valence-corrected chi connectivity index (χ2v) is 1.73. The maximum atomic E-state index is 2.00. The molecule has 12 heavy (non-hydrogen) atoms. The van der Waals surface area contributed by atoms with Crippen molar-refractivity contribution in [3.63, 3.8) is 0 Å². The minimum Gasteiger partial charge on any atom is -0.117 e. The Bertz CT molecular complexity index is 167. The fourth-order valence-electron chi connectivity index (χ4n) is 0.577. The van der Waals surface area contributed by atoms with E-state index in [-0.39, 0.29) is 65.4 Å². The second kappa shape index (κ2) is 14.7. The van der Waals surface area contributed by atoms with Crippen molar-refractivity contribution in [3.05, 3.63) is 48.4 Å². The molecule has 0 atom stereocenters. The van der Waals surface area contributed by atoms with E-state index in [0.717, 1.165) is 0 Å². The van der Waals surface area contributed by atoms with Crippen LogP contribution < -0.4 is 0 Å². The Morgan fingerprint density at radius 3 is 1.42 bits per heavy atom. The molecule has 0 nitrogen and oxygen atoms in total. The van der Waals surface area contributed by atoms with Gasteiger partial charge in [0.25, 0.3) is 0 Å². The Balaban J connectivity index is -0.000000270. The molecule has 0 aliphatic carbocycles. The summed E-state index contributed by atoms with van der Waals surface area (Å²) in [5.74, 6) is 4.00. The van der Waals surface area contributed by atoms with Crippen LogP contribution in [0.5, 0.6) is 0 Å². The number of hydrogen-bond acceptors (Lipinski definition) is 0. The van der Waals surface area contributed by atoms with Gasteiger partial charge in [-0.15, -0.1) is 12.0 Å². The van der Waals surface area contributed by atoms with Crippen molar-refractivity contribution in [2.75, 3.05) is 0 Å². The summed E-state index contributed by atoms with van der Waals surface area (Å²) >= 11 is 0. The van der Waals surface area contributed by atoms with Gasteiger partial charge in [-0.2, -0.15) is 0 Å². The maximum Gasteiger partial charge on any atom is 0.171 e. The molecule has 0 spiro atoms. The van der Waals surface area contributed by atoms with Crippen molar-refractivity contribution in [2.24, 2.45) is 0 Å². The third kappa shape index (κ3) is 11.2. The standard InChI is InChI=1S/C8H8B.Co.Ta.Zr/c1-2-4-6-8-9-7-5-3-1;;;/h1-8H;;;. The third-order valence-corrected chi connectivity index (χ3v) is 1.00. The van der Waals surface area contributed by atoms with E-state index in [1.54, 1.807) is 0 Å². The Labute approximate surface area is 120 Å². The van der Waals surface area contributed by atoms with Crippen molar-refractivity contribution in [1.82, 2.24) is 0 Å². The van der Waals surface area contributed by atoms with E-state index in [2.05, 4.69) is 0 Å². The first-order valence-electron chi connectivity index (χ1n) is 3.00. The van der Waals surface area contributed by atoms with Crippen molar-refractivity contribution in [3.8, 4) is 0 Å². The molecule has 0 fully saturated rings. The Morgan fingerprint density at radius 2 is 1.00 bits per heavy atom. The zero-order chi connectivity index (χ0) is 6.36. The molecule has 0 amide bonds. The molecule has 1 aliphatic heterocycles. The van der Waals surface area contributed by atoms with Crippen molar-refractivity contribution >= 4 is 7.28 Å². The molecule has 0 aromatic heterocycles. The van der Waals surface area contributed by atoms with Crippen LogP contribution in [0.4, 0.5) is 0 Å². The minimum atomic E-state index is 0. The van der Waals surface area contributed by atoms with Crippen LogP contribution >= 0.6 is 0 Å². The zero-order valence-corrected chi connectivity index (χ0v) is 13.2. The van der Waals surface area contributed by atoms with Gasteiger partial charge in [0.05, 0.1) is 0 Å². The van der Waals surface area contributed by atoms with Crippen LogP contribution in [0.3, 0.4) is 0 Å². The summed E-state index contributed by atoms with van der Waals surface area (Å²) in [4.78, 5) is 0. The van der Waals surface area contributed by atoms with Crippen molar-refractivity contribution < 1.29 is 65.4 Å². The smallest absolute Gasteiger partial charge is 0.117 e. The predicted molar refractivity (Wildman–Crippen MR) is 42.3 cm³/mol. The van der Waals surface area contributed by atoms with E-state index in [4.69, 9.17) is 0 Å². The molecule has 1 aliphatic rings. The van der Waals surface area contributed by atoms with Gasteiger partial charge in [0.15, 0.2) is 7.28 Å². The van der Waals surface area contributed by atoms with Gasteiger partial charge in [-0.3, -0.25) is 0 Å². The van der Waals surface area contributed by atoms with Crippen LogP contribution in [0, 0.1) is 0 Å². The summed E-state index contributed by atoms with van der Waals surface area (Å²) in [6.07, 6.45) is 12.0. The largest absolute Gasteiger partial charge is 0.171 e. The average Bonchev–Trinajstić information content (AvgIpc) is 2.00. The topological polar surface area (TPSA) is 0 Å². The molecule has 4 heteroatoms. The fraction of sp³-hybridized carbons (Fsp3) is 0. The Kier molecular flexibility index (Phi) is 23.0. The summed E-state index contributed by atoms with van der Waals surface area (Å²) in [5, 5.41) is 0. The van der Waals surface area contributed by atoms with E-state index in [1.165, 1.54) is 0 Å². The van der Waals surface area contributed by atoms with Gasteiger partial charge < -0.3 is 0 Å². The van der Waals surface area contributed by atoms with Gasteiger partial charge >= 0.3 is 0 Å².